The van der Waals surface area contributed by atoms with Gasteiger partial charge >= 0.3 is 0 Å². The highest BCUT2D eigenvalue weighted by molar-refractivity contribution is 6.30. The molecule has 0 bridgehead atoms. The van der Waals surface area contributed by atoms with Gasteiger partial charge in [-0.3, -0.25) is 0 Å². The van der Waals surface area contributed by atoms with Crippen LogP contribution >= 0.6 is 11.6 Å². The monoisotopic (exact) mass is 356 g/mol. The van der Waals surface area contributed by atoms with Gasteiger partial charge in [0.1, 0.15) is 11.5 Å². The van der Waals surface area contributed by atoms with E-state index in [1.165, 1.54) is 11.1 Å². The largest absolute Gasteiger partial charge is 0.457 e. The van der Waals surface area contributed by atoms with Crippen molar-refractivity contribution in [2.45, 2.75) is 0 Å². The number of benzene rings is 4. The summed E-state index contributed by atoms with van der Waals surface area (Å²) in [7, 11) is 0. The van der Waals surface area contributed by atoms with Crippen LogP contribution in [0.2, 0.25) is 5.02 Å². The molecular weight excluding hydrogens is 340 g/mol. The maximum Gasteiger partial charge on any atom is 0.128 e. The number of rotatable bonds is 4. The fourth-order valence-corrected chi connectivity index (χ4v) is 3.08. The molecule has 0 saturated heterocycles. The lowest BCUT2D eigenvalue weighted by Crippen LogP contribution is -1.86. The molecule has 0 radical (unpaired) electrons. The van der Waals surface area contributed by atoms with Crippen LogP contribution in [0.4, 0.5) is 0 Å². The highest BCUT2D eigenvalue weighted by Gasteiger charge is 2.03. The average molecular weight is 357 g/mol. The van der Waals surface area contributed by atoms with Crippen LogP contribution in [-0.2, 0) is 0 Å². The molecule has 126 valence electrons. The fourth-order valence-electron chi connectivity index (χ4n) is 2.89. The summed E-state index contributed by atoms with van der Waals surface area (Å²) in [5, 5.41) is 0.727. The van der Waals surface area contributed by atoms with Gasteiger partial charge in [-0.05, 0) is 58.7 Å². The molecule has 0 spiro atoms. The molecule has 0 unspecified atom stereocenters. The Labute approximate surface area is 158 Å². The quantitative estimate of drug-likeness (QED) is 0.368. The molecule has 0 aliphatic heterocycles. The summed E-state index contributed by atoms with van der Waals surface area (Å²) >= 11 is 6.10. The van der Waals surface area contributed by atoms with Crippen molar-refractivity contribution >= 4 is 11.6 Å². The Kier molecular flexibility index (Phi) is 4.72. The first kappa shape index (κ1) is 16.4. The van der Waals surface area contributed by atoms with Crippen LogP contribution < -0.4 is 4.74 Å². The zero-order valence-electron chi connectivity index (χ0n) is 14.1. The molecule has 0 fully saturated rings. The average Bonchev–Trinajstić information content (AvgIpc) is 2.69. The van der Waals surface area contributed by atoms with Gasteiger partial charge in [0.2, 0.25) is 0 Å². The van der Waals surface area contributed by atoms with Crippen molar-refractivity contribution in [1.82, 2.24) is 0 Å². The minimum Gasteiger partial charge on any atom is -0.457 e. The molecular formula is C24H17ClO. The zero-order valence-corrected chi connectivity index (χ0v) is 14.9. The zero-order chi connectivity index (χ0) is 17.8. The second kappa shape index (κ2) is 7.47. The van der Waals surface area contributed by atoms with Crippen LogP contribution in [-0.4, -0.2) is 0 Å². The molecule has 0 aliphatic rings. The number of halogens is 1. The Bertz CT molecular complexity index is 1010. The Morgan fingerprint density at radius 2 is 1.08 bits per heavy atom. The molecule has 0 saturated carbocycles. The lowest BCUT2D eigenvalue weighted by Gasteiger charge is -2.09. The molecule has 0 N–H and O–H groups in total. The molecule has 4 aromatic carbocycles. The van der Waals surface area contributed by atoms with Crippen LogP contribution in [0, 0.1) is 0 Å². The Morgan fingerprint density at radius 1 is 0.462 bits per heavy atom. The van der Waals surface area contributed by atoms with E-state index in [0.717, 1.165) is 27.6 Å². The molecule has 0 heterocycles. The van der Waals surface area contributed by atoms with E-state index in [2.05, 4.69) is 30.3 Å². The molecule has 4 rings (SSSR count). The second-order valence-corrected chi connectivity index (χ2v) is 6.47. The van der Waals surface area contributed by atoms with Crippen molar-refractivity contribution in [3.8, 4) is 33.8 Å². The molecule has 1 nitrogen and oxygen atoms in total. The van der Waals surface area contributed by atoms with E-state index in [0.29, 0.717) is 0 Å². The van der Waals surface area contributed by atoms with E-state index in [1.807, 2.05) is 72.8 Å². The number of hydrogen-bond acceptors (Lipinski definition) is 1. The highest BCUT2D eigenvalue weighted by Crippen LogP contribution is 2.30. The summed E-state index contributed by atoms with van der Waals surface area (Å²) in [5.74, 6) is 1.61. The van der Waals surface area contributed by atoms with Gasteiger partial charge in [0.05, 0.1) is 0 Å². The summed E-state index contributed by atoms with van der Waals surface area (Å²) in [6.45, 7) is 0. The van der Waals surface area contributed by atoms with Crippen LogP contribution in [0.3, 0.4) is 0 Å². The van der Waals surface area contributed by atoms with Gasteiger partial charge in [-0.25, -0.2) is 0 Å². The highest BCUT2D eigenvalue weighted by atomic mass is 35.5. The van der Waals surface area contributed by atoms with Gasteiger partial charge < -0.3 is 4.74 Å². The van der Waals surface area contributed by atoms with E-state index in [1.54, 1.807) is 0 Å². The normalized spacial score (nSPS) is 10.5. The SMILES string of the molecule is Clc1cccc(-c2cccc(Oc3ccc(-c4ccccc4)cc3)c2)c1. The summed E-state index contributed by atoms with van der Waals surface area (Å²) < 4.78 is 6.03. The third-order valence-electron chi connectivity index (χ3n) is 4.19. The lowest BCUT2D eigenvalue weighted by molar-refractivity contribution is 0.483. The molecule has 0 aromatic heterocycles. The van der Waals surface area contributed by atoms with Crippen LogP contribution in [0.15, 0.2) is 103 Å². The van der Waals surface area contributed by atoms with E-state index >= 15 is 0 Å². The van der Waals surface area contributed by atoms with Crippen molar-refractivity contribution in [2.24, 2.45) is 0 Å². The van der Waals surface area contributed by atoms with Crippen molar-refractivity contribution in [3.63, 3.8) is 0 Å². The van der Waals surface area contributed by atoms with E-state index in [-0.39, 0.29) is 0 Å². The fraction of sp³-hybridized carbons (Fsp3) is 0. The van der Waals surface area contributed by atoms with Gasteiger partial charge in [0.25, 0.3) is 0 Å². The maximum absolute atomic E-state index is 6.10. The number of ether oxygens (including phenoxy) is 1. The molecule has 0 amide bonds. The molecule has 26 heavy (non-hydrogen) atoms. The maximum atomic E-state index is 6.10. The minimum absolute atomic E-state index is 0.727. The molecule has 0 atom stereocenters. The Hall–Kier alpha value is -3.03. The van der Waals surface area contributed by atoms with Crippen molar-refractivity contribution < 1.29 is 4.74 Å². The van der Waals surface area contributed by atoms with Crippen molar-refractivity contribution in [2.75, 3.05) is 0 Å². The molecule has 4 aromatic rings. The third-order valence-corrected chi connectivity index (χ3v) is 4.42. The van der Waals surface area contributed by atoms with Gasteiger partial charge in [-0.15, -0.1) is 0 Å². The Morgan fingerprint density at radius 3 is 1.81 bits per heavy atom. The first-order valence-electron chi connectivity index (χ1n) is 8.47. The molecule has 2 heteroatoms. The smallest absolute Gasteiger partial charge is 0.128 e. The standard InChI is InChI=1S/C24H17ClO/c25-22-10-4-8-20(16-22)21-9-5-11-24(17-21)26-23-14-12-19(13-15-23)18-6-2-1-3-7-18/h1-17H. The van der Waals surface area contributed by atoms with Crippen molar-refractivity contribution in [3.05, 3.63) is 108 Å². The Balaban J connectivity index is 1.55. The van der Waals surface area contributed by atoms with E-state index < -0.39 is 0 Å². The van der Waals surface area contributed by atoms with Gasteiger partial charge in [-0.1, -0.05) is 78.3 Å². The van der Waals surface area contributed by atoms with Gasteiger partial charge in [0, 0.05) is 5.02 Å². The topological polar surface area (TPSA) is 9.23 Å². The van der Waals surface area contributed by atoms with Crippen LogP contribution in [0.25, 0.3) is 22.3 Å². The first-order chi connectivity index (χ1) is 12.8. The summed E-state index contributed by atoms with van der Waals surface area (Å²) in [6, 6.07) is 34.3. The predicted molar refractivity (Wildman–Crippen MR) is 109 cm³/mol. The second-order valence-electron chi connectivity index (χ2n) is 6.03. The first-order valence-corrected chi connectivity index (χ1v) is 8.85. The van der Waals surface area contributed by atoms with Crippen LogP contribution in [0.5, 0.6) is 11.5 Å². The summed E-state index contributed by atoms with van der Waals surface area (Å²) in [5.41, 5.74) is 4.51. The lowest BCUT2D eigenvalue weighted by atomic mass is 10.1. The molecule has 0 aliphatic carbocycles. The van der Waals surface area contributed by atoms with Gasteiger partial charge in [0.15, 0.2) is 0 Å². The van der Waals surface area contributed by atoms with Crippen molar-refractivity contribution in [1.29, 1.82) is 0 Å². The predicted octanol–water partition coefficient (Wildman–Crippen LogP) is 7.47. The minimum atomic E-state index is 0.727. The summed E-state index contributed by atoms with van der Waals surface area (Å²) in [4.78, 5) is 0. The van der Waals surface area contributed by atoms with E-state index in [4.69, 9.17) is 16.3 Å². The number of hydrogen-bond donors (Lipinski definition) is 0. The van der Waals surface area contributed by atoms with Gasteiger partial charge in [-0.2, -0.15) is 0 Å². The van der Waals surface area contributed by atoms with E-state index in [9.17, 15) is 0 Å². The summed E-state index contributed by atoms with van der Waals surface area (Å²) in [6.07, 6.45) is 0. The third kappa shape index (κ3) is 3.79. The van der Waals surface area contributed by atoms with Crippen LogP contribution in [0.1, 0.15) is 0 Å².